The number of rotatable bonds is 14. The fraction of sp³-hybridized carbons (Fsp3) is 0.487. The van der Waals surface area contributed by atoms with Crippen LogP contribution in [0.1, 0.15) is 86.0 Å². The van der Waals surface area contributed by atoms with Crippen molar-refractivity contribution in [2.24, 2.45) is 0 Å². The van der Waals surface area contributed by atoms with E-state index in [9.17, 15) is 14.7 Å². The average Bonchev–Trinajstić information content (AvgIpc) is 3.80. The highest BCUT2D eigenvalue weighted by Crippen LogP contribution is 2.39. The van der Waals surface area contributed by atoms with Crippen molar-refractivity contribution in [2.75, 3.05) is 32.7 Å². The predicted molar refractivity (Wildman–Crippen MR) is 184 cm³/mol. The first-order valence-corrected chi connectivity index (χ1v) is 17.6. The summed E-state index contributed by atoms with van der Waals surface area (Å²) in [5.41, 5.74) is 6.04. The molecule has 0 spiro atoms. The molecule has 0 aliphatic carbocycles. The van der Waals surface area contributed by atoms with Crippen LogP contribution in [0.15, 0.2) is 72.8 Å². The van der Waals surface area contributed by atoms with Crippen molar-refractivity contribution < 1.29 is 29.3 Å². The molecule has 1 amide bonds. The topological polar surface area (TPSA) is 112 Å². The van der Waals surface area contributed by atoms with Gasteiger partial charge < -0.3 is 29.9 Å². The van der Waals surface area contributed by atoms with E-state index in [2.05, 4.69) is 63.6 Å². The number of nitrogens with zero attached hydrogens (tertiary/aromatic N) is 2. The van der Waals surface area contributed by atoms with Crippen LogP contribution < -0.4 is 5.32 Å². The first-order chi connectivity index (χ1) is 23.4. The Hall–Kier alpha value is -3.60. The number of amides is 1. The Labute approximate surface area is 283 Å². The standard InChI is InChI=1S/C39H49N3O6/c43-27-28-11-13-31(14-12-28)36-23-35(26-42-21-5-8-34(42)25-41-19-1-2-20-41)47-39(48-36)32-17-15-30(16-18-32)33-7-3-6-29(22-33)24-40-37(44)9-4-10-38(45)46/h3,6-7,11-18,22,34-36,39,43H,1-2,4-5,8-10,19-21,23-27H2,(H,40,44)(H,45,46). The molecular weight excluding hydrogens is 606 g/mol. The van der Waals surface area contributed by atoms with Crippen molar-refractivity contribution in [2.45, 2.75) is 89.1 Å². The van der Waals surface area contributed by atoms with Crippen molar-refractivity contribution in [3.63, 3.8) is 0 Å². The van der Waals surface area contributed by atoms with Gasteiger partial charge in [0.05, 0.1) is 18.8 Å². The lowest BCUT2D eigenvalue weighted by molar-refractivity contribution is -0.253. The molecule has 9 nitrogen and oxygen atoms in total. The van der Waals surface area contributed by atoms with E-state index in [-0.39, 0.29) is 37.6 Å². The van der Waals surface area contributed by atoms with E-state index in [0.29, 0.717) is 19.0 Å². The molecule has 3 saturated heterocycles. The molecule has 4 atom stereocenters. The number of aliphatic hydroxyl groups excluding tert-OH is 1. The number of benzene rings is 3. The summed E-state index contributed by atoms with van der Waals surface area (Å²) in [6.45, 7) is 6.01. The quantitative estimate of drug-likeness (QED) is 0.199. The molecule has 4 unspecified atom stereocenters. The number of carbonyl (C=O) groups excluding carboxylic acids is 1. The summed E-state index contributed by atoms with van der Waals surface area (Å²) in [4.78, 5) is 28.1. The van der Waals surface area contributed by atoms with E-state index in [1.807, 2.05) is 24.3 Å². The second kappa shape index (κ2) is 16.7. The van der Waals surface area contributed by atoms with Crippen LogP contribution in [0, 0.1) is 0 Å². The SMILES string of the molecule is O=C(O)CCCC(=O)NCc1cccc(-c2ccc(C3OC(CN4CCCC4CN4CCCC4)CC(c4ccc(CO)cc4)O3)cc2)c1. The molecule has 3 fully saturated rings. The summed E-state index contributed by atoms with van der Waals surface area (Å²) in [7, 11) is 0. The maximum Gasteiger partial charge on any atom is 0.303 e. The number of carboxylic acid groups (broad SMARTS) is 1. The van der Waals surface area contributed by atoms with Crippen LogP contribution in [0.25, 0.3) is 11.1 Å². The number of hydrogen-bond donors (Lipinski definition) is 3. The third-order valence-electron chi connectivity index (χ3n) is 9.95. The van der Waals surface area contributed by atoms with Crippen molar-refractivity contribution in [1.82, 2.24) is 15.1 Å². The summed E-state index contributed by atoms with van der Waals surface area (Å²) in [6, 6.07) is 25.1. The number of ether oxygens (including phenoxy) is 2. The van der Waals surface area contributed by atoms with E-state index in [1.54, 1.807) is 0 Å². The Morgan fingerprint density at radius 3 is 2.33 bits per heavy atom. The van der Waals surface area contributed by atoms with Crippen LogP contribution in [0.3, 0.4) is 0 Å². The van der Waals surface area contributed by atoms with Gasteiger partial charge in [-0.05, 0) is 85.6 Å². The minimum Gasteiger partial charge on any atom is -0.481 e. The molecule has 3 heterocycles. The maximum absolute atomic E-state index is 12.1. The van der Waals surface area contributed by atoms with Crippen molar-refractivity contribution in [3.8, 4) is 11.1 Å². The van der Waals surface area contributed by atoms with Gasteiger partial charge in [-0.15, -0.1) is 0 Å². The fourth-order valence-electron chi connectivity index (χ4n) is 7.28. The highest BCUT2D eigenvalue weighted by atomic mass is 16.7. The van der Waals surface area contributed by atoms with Gasteiger partial charge >= 0.3 is 5.97 Å². The minimum absolute atomic E-state index is 0.00730. The molecule has 0 saturated carbocycles. The highest BCUT2D eigenvalue weighted by Gasteiger charge is 2.36. The van der Waals surface area contributed by atoms with Crippen LogP contribution >= 0.6 is 0 Å². The molecule has 48 heavy (non-hydrogen) atoms. The second-order valence-electron chi connectivity index (χ2n) is 13.5. The molecular formula is C39H49N3O6. The molecule has 3 N–H and O–H groups in total. The Morgan fingerprint density at radius 1 is 0.812 bits per heavy atom. The summed E-state index contributed by atoms with van der Waals surface area (Å²) in [5, 5.41) is 21.3. The first kappa shape index (κ1) is 34.3. The van der Waals surface area contributed by atoms with Gasteiger partial charge in [-0.1, -0.05) is 66.7 Å². The maximum atomic E-state index is 12.1. The summed E-state index contributed by atoms with van der Waals surface area (Å²) in [6.07, 6.45) is 5.83. The van der Waals surface area contributed by atoms with Crippen LogP contribution in [0.4, 0.5) is 0 Å². The molecule has 3 aromatic carbocycles. The van der Waals surface area contributed by atoms with Crippen molar-refractivity contribution in [3.05, 3.63) is 95.1 Å². The smallest absolute Gasteiger partial charge is 0.303 e. The third-order valence-corrected chi connectivity index (χ3v) is 9.95. The van der Waals surface area contributed by atoms with Crippen LogP contribution in [-0.4, -0.2) is 76.8 Å². The van der Waals surface area contributed by atoms with E-state index < -0.39 is 12.3 Å². The van der Waals surface area contributed by atoms with Gasteiger partial charge in [0, 0.05) is 50.5 Å². The molecule has 0 radical (unpaired) electrons. The number of carbonyl (C=O) groups is 2. The van der Waals surface area contributed by atoms with Crippen molar-refractivity contribution >= 4 is 11.9 Å². The zero-order valence-corrected chi connectivity index (χ0v) is 27.8. The zero-order valence-electron chi connectivity index (χ0n) is 27.8. The molecule has 3 aliphatic rings. The Morgan fingerprint density at radius 2 is 1.58 bits per heavy atom. The molecule has 0 bridgehead atoms. The minimum atomic E-state index is -0.889. The van der Waals surface area contributed by atoms with E-state index in [4.69, 9.17) is 14.6 Å². The van der Waals surface area contributed by atoms with Gasteiger partial charge in [-0.2, -0.15) is 0 Å². The number of aliphatic hydroxyl groups is 1. The third kappa shape index (κ3) is 9.30. The van der Waals surface area contributed by atoms with Crippen LogP contribution in [-0.2, 0) is 32.2 Å². The predicted octanol–water partition coefficient (Wildman–Crippen LogP) is 5.82. The highest BCUT2D eigenvalue weighted by molar-refractivity contribution is 5.76. The van der Waals surface area contributed by atoms with Gasteiger partial charge in [0.15, 0.2) is 6.29 Å². The summed E-state index contributed by atoms with van der Waals surface area (Å²) in [5.74, 6) is -1.04. The molecule has 0 aromatic heterocycles. The number of likely N-dealkylation sites (tertiary alicyclic amines) is 2. The Balaban J connectivity index is 1.13. The Kier molecular flexibility index (Phi) is 11.9. The number of carboxylic acids is 1. The van der Waals surface area contributed by atoms with Gasteiger partial charge in [-0.25, -0.2) is 0 Å². The van der Waals surface area contributed by atoms with E-state index in [0.717, 1.165) is 59.4 Å². The van der Waals surface area contributed by atoms with Crippen LogP contribution in [0.2, 0.25) is 0 Å². The lowest BCUT2D eigenvalue weighted by atomic mass is 9.98. The van der Waals surface area contributed by atoms with Gasteiger partial charge in [-0.3, -0.25) is 14.5 Å². The normalized spacial score (nSPS) is 23.4. The first-order valence-electron chi connectivity index (χ1n) is 17.6. The second-order valence-corrected chi connectivity index (χ2v) is 13.5. The lowest BCUT2D eigenvalue weighted by Crippen LogP contribution is -2.45. The summed E-state index contributed by atoms with van der Waals surface area (Å²) < 4.78 is 13.4. The van der Waals surface area contributed by atoms with Gasteiger partial charge in [0.25, 0.3) is 0 Å². The van der Waals surface area contributed by atoms with E-state index >= 15 is 0 Å². The largest absolute Gasteiger partial charge is 0.481 e. The monoisotopic (exact) mass is 655 g/mol. The van der Waals surface area contributed by atoms with E-state index in [1.165, 1.54) is 38.8 Å². The number of aliphatic carboxylic acids is 1. The van der Waals surface area contributed by atoms with Crippen LogP contribution in [0.5, 0.6) is 0 Å². The number of hydrogen-bond acceptors (Lipinski definition) is 7. The van der Waals surface area contributed by atoms with Gasteiger partial charge in [0.2, 0.25) is 5.91 Å². The molecule has 256 valence electrons. The lowest BCUT2D eigenvalue weighted by Gasteiger charge is -2.39. The molecule has 3 aromatic rings. The average molecular weight is 656 g/mol. The zero-order chi connectivity index (χ0) is 33.3. The fourth-order valence-corrected chi connectivity index (χ4v) is 7.28. The number of nitrogens with one attached hydrogen (secondary N) is 1. The molecule has 9 heteroatoms. The van der Waals surface area contributed by atoms with Gasteiger partial charge in [0.1, 0.15) is 0 Å². The Bertz CT molecular complexity index is 1490. The molecule has 3 aliphatic heterocycles. The van der Waals surface area contributed by atoms with Crippen molar-refractivity contribution in [1.29, 1.82) is 0 Å². The summed E-state index contributed by atoms with van der Waals surface area (Å²) >= 11 is 0. The molecule has 6 rings (SSSR count).